The van der Waals surface area contributed by atoms with Gasteiger partial charge in [0.1, 0.15) is 5.69 Å². The summed E-state index contributed by atoms with van der Waals surface area (Å²) in [6.45, 7) is 5.93. The number of nitrogens with zero attached hydrogens (tertiary/aromatic N) is 2. The minimum Gasteiger partial charge on any atom is -0.351 e. The SMILES string of the molecule is CCCNC(=O)c1csc(N2CC(SC(C)=O)C2)n1. The molecule has 104 valence electrons. The Bertz CT molecular complexity index is 469. The molecule has 1 saturated heterocycles. The number of amides is 1. The summed E-state index contributed by atoms with van der Waals surface area (Å²) in [6, 6.07) is 0. The van der Waals surface area contributed by atoms with Gasteiger partial charge in [0.15, 0.2) is 10.2 Å². The molecule has 0 aromatic carbocycles. The summed E-state index contributed by atoms with van der Waals surface area (Å²) in [5.74, 6) is -0.112. The highest BCUT2D eigenvalue weighted by atomic mass is 32.2. The maximum Gasteiger partial charge on any atom is 0.270 e. The molecule has 2 rings (SSSR count). The maximum atomic E-state index is 11.7. The monoisotopic (exact) mass is 299 g/mol. The molecule has 1 aliphatic rings. The Balaban J connectivity index is 1.85. The minimum absolute atomic E-state index is 0.112. The van der Waals surface area contributed by atoms with Crippen molar-refractivity contribution in [3.8, 4) is 0 Å². The Kier molecular flexibility index (Phi) is 4.81. The van der Waals surface area contributed by atoms with Gasteiger partial charge in [-0.25, -0.2) is 4.98 Å². The largest absolute Gasteiger partial charge is 0.351 e. The average molecular weight is 299 g/mol. The highest BCUT2D eigenvalue weighted by Gasteiger charge is 2.30. The molecule has 0 aliphatic carbocycles. The van der Waals surface area contributed by atoms with Crippen molar-refractivity contribution in [1.29, 1.82) is 0 Å². The third-order valence-corrected chi connectivity index (χ3v) is 4.58. The first-order valence-electron chi connectivity index (χ1n) is 6.26. The maximum absolute atomic E-state index is 11.7. The van der Waals surface area contributed by atoms with Crippen LogP contribution in [-0.4, -0.2) is 40.9 Å². The van der Waals surface area contributed by atoms with Crippen LogP contribution in [0.2, 0.25) is 0 Å². The molecule has 1 aliphatic heterocycles. The van der Waals surface area contributed by atoms with E-state index in [0.29, 0.717) is 17.5 Å². The number of carbonyl (C=O) groups excluding carboxylic acids is 2. The third-order valence-electron chi connectivity index (χ3n) is 2.71. The van der Waals surface area contributed by atoms with E-state index in [1.54, 1.807) is 12.3 Å². The second-order valence-corrected chi connectivity index (χ2v) is 6.72. The van der Waals surface area contributed by atoms with Gasteiger partial charge in [0, 0.05) is 37.2 Å². The van der Waals surface area contributed by atoms with E-state index in [4.69, 9.17) is 0 Å². The number of hydrogen-bond donors (Lipinski definition) is 1. The standard InChI is InChI=1S/C12H17N3O2S2/c1-3-4-13-11(17)10-7-18-12(14-10)15-5-9(6-15)19-8(2)16/h7,9H,3-6H2,1-2H3,(H,13,17). The van der Waals surface area contributed by atoms with Crippen molar-refractivity contribution < 1.29 is 9.59 Å². The van der Waals surface area contributed by atoms with Crippen LogP contribution >= 0.6 is 23.1 Å². The zero-order valence-corrected chi connectivity index (χ0v) is 12.6. The zero-order valence-electron chi connectivity index (χ0n) is 11.0. The van der Waals surface area contributed by atoms with Gasteiger partial charge in [-0.2, -0.15) is 0 Å². The molecule has 1 amide bonds. The number of hydrogen-bond acceptors (Lipinski definition) is 6. The van der Waals surface area contributed by atoms with Crippen molar-refractivity contribution in [2.24, 2.45) is 0 Å². The summed E-state index contributed by atoms with van der Waals surface area (Å²) in [4.78, 5) is 29.1. The predicted octanol–water partition coefficient (Wildman–Crippen LogP) is 1.75. The second-order valence-electron chi connectivity index (χ2n) is 4.41. The van der Waals surface area contributed by atoms with E-state index in [-0.39, 0.29) is 11.0 Å². The zero-order chi connectivity index (χ0) is 13.8. The fourth-order valence-electron chi connectivity index (χ4n) is 1.75. The lowest BCUT2D eigenvalue weighted by atomic mass is 10.2. The van der Waals surface area contributed by atoms with Gasteiger partial charge in [-0.15, -0.1) is 11.3 Å². The Morgan fingerprint density at radius 3 is 2.95 bits per heavy atom. The molecule has 1 fully saturated rings. The van der Waals surface area contributed by atoms with E-state index in [0.717, 1.165) is 24.6 Å². The van der Waals surface area contributed by atoms with E-state index in [1.807, 2.05) is 6.92 Å². The Hall–Kier alpha value is -1.08. The quantitative estimate of drug-likeness (QED) is 0.897. The molecule has 0 saturated carbocycles. The molecule has 0 atom stereocenters. The molecule has 0 spiro atoms. The number of rotatable bonds is 5. The van der Waals surface area contributed by atoms with Gasteiger partial charge < -0.3 is 10.2 Å². The molecule has 5 nitrogen and oxygen atoms in total. The Morgan fingerprint density at radius 2 is 2.32 bits per heavy atom. The van der Waals surface area contributed by atoms with Crippen LogP contribution in [0.25, 0.3) is 0 Å². The molecule has 1 aromatic rings. The first-order chi connectivity index (χ1) is 9.10. The number of thioether (sulfide) groups is 1. The van der Waals surface area contributed by atoms with Crippen molar-refractivity contribution in [2.45, 2.75) is 25.5 Å². The fourth-order valence-corrected chi connectivity index (χ4v) is 3.55. The summed E-state index contributed by atoms with van der Waals surface area (Å²) in [5, 5.41) is 5.97. The molecule has 0 unspecified atom stereocenters. The van der Waals surface area contributed by atoms with Gasteiger partial charge in [-0.05, 0) is 6.42 Å². The summed E-state index contributed by atoms with van der Waals surface area (Å²) in [7, 11) is 0. The van der Waals surface area contributed by atoms with Crippen LogP contribution < -0.4 is 10.2 Å². The number of nitrogens with one attached hydrogen (secondary N) is 1. The van der Waals surface area contributed by atoms with Crippen LogP contribution in [0.1, 0.15) is 30.8 Å². The van der Waals surface area contributed by atoms with Crippen molar-refractivity contribution in [3.63, 3.8) is 0 Å². The van der Waals surface area contributed by atoms with Gasteiger partial charge in [-0.1, -0.05) is 18.7 Å². The topological polar surface area (TPSA) is 62.3 Å². The molecule has 7 heteroatoms. The average Bonchev–Trinajstić information content (AvgIpc) is 2.79. The molecule has 2 heterocycles. The van der Waals surface area contributed by atoms with E-state index in [2.05, 4.69) is 15.2 Å². The molecular weight excluding hydrogens is 282 g/mol. The number of anilines is 1. The molecular formula is C12H17N3O2S2. The van der Waals surface area contributed by atoms with Crippen molar-refractivity contribution in [2.75, 3.05) is 24.5 Å². The van der Waals surface area contributed by atoms with Crippen LogP contribution in [0.5, 0.6) is 0 Å². The third kappa shape index (κ3) is 3.70. The van der Waals surface area contributed by atoms with Crippen molar-refractivity contribution >= 4 is 39.3 Å². The lowest BCUT2D eigenvalue weighted by Crippen LogP contribution is -2.49. The van der Waals surface area contributed by atoms with Crippen LogP contribution in [0, 0.1) is 0 Å². The number of carbonyl (C=O) groups is 2. The molecule has 1 aromatic heterocycles. The lowest BCUT2D eigenvalue weighted by Gasteiger charge is -2.37. The Morgan fingerprint density at radius 1 is 1.58 bits per heavy atom. The van der Waals surface area contributed by atoms with Crippen LogP contribution in [0.3, 0.4) is 0 Å². The number of thiazole rings is 1. The smallest absolute Gasteiger partial charge is 0.270 e. The minimum atomic E-state index is -0.112. The predicted molar refractivity (Wildman–Crippen MR) is 79.0 cm³/mol. The Labute approximate surface area is 120 Å². The normalized spacial score (nSPS) is 15.2. The van der Waals surface area contributed by atoms with Gasteiger partial charge in [0.2, 0.25) is 0 Å². The fraction of sp³-hybridized carbons (Fsp3) is 0.583. The highest BCUT2D eigenvalue weighted by Crippen LogP contribution is 2.30. The van der Waals surface area contributed by atoms with Gasteiger partial charge in [-0.3, -0.25) is 9.59 Å². The molecule has 19 heavy (non-hydrogen) atoms. The van der Waals surface area contributed by atoms with Crippen LogP contribution in [-0.2, 0) is 4.79 Å². The van der Waals surface area contributed by atoms with Gasteiger partial charge in [0.25, 0.3) is 5.91 Å². The summed E-state index contributed by atoms with van der Waals surface area (Å²) >= 11 is 2.86. The molecule has 1 N–H and O–H groups in total. The molecule has 0 bridgehead atoms. The van der Waals surface area contributed by atoms with Crippen molar-refractivity contribution in [1.82, 2.24) is 10.3 Å². The van der Waals surface area contributed by atoms with Gasteiger partial charge in [0.05, 0.1) is 0 Å². The molecule has 0 radical (unpaired) electrons. The first kappa shape index (κ1) is 14.3. The summed E-state index contributed by atoms with van der Waals surface area (Å²) in [5.41, 5.74) is 0.483. The summed E-state index contributed by atoms with van der Waals surface area (Å²) < 4.78 is 0. The second kappa shape index (κ2) is 6.38. The summed E-state index contributed by atoms with van der Waals surface area (Å²) in [6.07, 6.45) is 0.915. The van der Waals surface area contributed by atoms with E-state index < -0.39 is 0 Å². The van der Waals surface area contributed by atoms with E-state index in [9.17, 15) is 9.59 Å². The highest BCUT2D eigenvalue weighted by molar-refractivity contribution is 8.14. The van der Waals surface area contributed by atoms with E-state index in [1.165, 1.54) is 23.1 Å². The van der Waals surface area contributed by atoms with E-state index >= 15 is 0 Å². The first-order valence-corrected chi connectivity index (χ1v) is 8.02. The van der Waals surface area contributed by atoms with Crippen molar-refractivity contribution in [3.05, 3.63) is 11.1 Å². The van der Waals surface area contributed by atoms with Crippen LogP contribution in [0.15, 0.2) is 5.38 Å². The lowest BCUT2D eigenvalue weighted by molar-refractivity contribution is -0.109. The van der Waals surface area contributed by atoms with Crippen LogP contribution in [0.4, 0.5) is 5.13 Å². The van der Waals surface area contributed by atoms with Gasteiger partial charge >= 0.3 is 0 Å². The number of aromatic nitrogens is 1.